The normalized spacial score (nSPS) is 11.6. The molecular formula is C29H29ClN4O3S. The molecule has 0 bridgehead atoms. The predicted molar refractivity (Wildman–Crippen MR) is 153 cm³/mol. The molecule has 0 unspecified atom stereocenters. The Morgan fingerprint density at radius 2 is 1.66 bits per heavy atom. The fraction of sp³-hybridized carbons (Fsp3) is 0.172. The van der Waals surface area contributed by atoms with Gasteiger partial charge in [-0.15, -0.1) is 0 Å². The zero-order valence-corrected chi connectivity index (χ0v) is 23.0. The minimum absolute atomic E-state index is 0.0999. The largest absolute Gasteiger partial charge is 0.316 e. The van der Waals surface area contributed by atoms with Crippen molar-refractivity contribution >= 4 is 39.4 Å². The molecule has 1 aromatic heterocycles. The third-order valence-electron chi connectivity index (χ3n) is 6.21. The Balaban J connectivity index is 1.55. The number of nitrogens with zero attached hydrogens (tertiary/aromatic N) is 3. The first kappa shape index (κ1) is 27.2. The molecule has 9 heteroatoms. The zero-order chi connectivity index (χ0) is 27.3. The Kier molecular flexibility index (Phi) is 8.34. The summed E-state index contributed by atoms with van der Waals surface area (Å²) in [5.74, 6) is -0.569. The number of nitrogens with one attached hydrogen (secondary N) is 1. The molecular weight excluding hydrogens is 520 g/mol. The highest BCUT2D eigenvalue weighted by Crippen LogP contribution is 2.26. The molecule has 0 spiro atoms. The highest BCUT2D eigenvalue weighted by Gasteiger charge is 2.27. The van der Waals surface area contributed by atoms with Gasteiger partial charge in [-0.1, -0.05) is 61.0 Å². The van der Waals surface area contributed by atoms with Crippen molar-refractivity contribution in [3.8, 4) is 5.69 Å². The van der Waals surface area contributed by atoms with E-state index in [1.165, 1.54) is 12.1 Å². The maximum Gasteiger partial charge on any atom is 0.264 e. The lowest BCUT2D eigenvalue weighted by Crippen LogP contribution is -2.39. The molecule has 1 N–H and O–H groups in total. The summed E-state index contributed by atoms with van der Waals surface area (Å²) >= 11 is 6.39. The monoisotopic (exact) mass is 548 g/mol. The van der Waals surface area contributed by atoms with Crippen LogP contribution in [0.1, 0.15) is 29.4 Å². The second-order valence-electron chi connectivity index (χ2n) is 8.75. The quantitative estimate of drug-likeness (QED) is 0.216. The lowest BCUT2D eigenvalue weighted by molar-refractivity contribution is -0.119. The van der Waals surface area contributed by atoms with Crippen LogP contribution in [0.15, 0.2) is 94.9 Å². The smallest absolute Gasteiger partial charge is 0.264 e. The zero-order valence-electron chi connectivity index (χ0n) is 21.4. The molecule has 0 saturated heterocycles. The van der Waals surface area contributed by atoms with Crippen molar-refractivity contribution < 1.29 is 13.2 Å². The van der Waals surface area contributed by atoms with E-state index in [-0.39, 0.29) is 4.90 Å². The first-order valence-corrected chi connectivity index (χ1v) is 14.0. The van der Waals surface area contributed by atoms with Crippen LogP contribution in [0.2, 0.25) is 5.02 Å². The predicted octanol–water partition coefficient (Wildman–Crippen LogP) is 5.66. The summed E-state index contributed by atoms with van der Waals surface area (Å²) < 4.78 is 30.0. The SMILES string of the molecule is CCc1ccc(N(CC(=O)N/N=C\c2cc(C)n(-c3ccccc3Cl)c2C)S(=O)(=O)c2ccccc2)cc1. The molecule has 0 radical (unpaired) electrons. The summed E-state index contributed by atoms with van der Waals surface area (Å²) in [6.45, 7) is 5.49. The van der Waals surface area contributed by atoms with Crippen molar-refractivity contribution in [3.05, 3.63) is 112 Å². The van der Waals surface area contributed by atoms with Crippen LogP contribution in [0.3, 0.4) is 0 Å². The van der Waals surface area contributed by atoms with Crippen molar-refractivity contribution in [2.45, 2.75) is 32.1 Å². The average Bonchev–Trinajstić information content (AvgIpc) is 3.20. The number of hydrazone groups is 1. The van der Waals surface area contributed by atoms with E-state index in [9.17, 15) is 13.2 Å². The van der Waals surface area contributed by atoms with E-state index in [2.05, 4.69) is 10.5 Å². The van der Waals surface area contributed by atoms with Gasteiger partial charge >= 0.3 is 0 Å². The van der Waals surface area contributed by atoms with E-state index in [0.29, 0.717) is 10.7 Å². The number of para-hydroxylation sites is 1. The molecule has 196 valence electrons. The van der Waals surface area contributed by atoms with Gasteiger partial charge in [0.1, 0.15) is 6.54 Å². The number of hydrogen-bond donors (Lipinski definition) is 1. The number of benzene rings is 3. The van der Waals surface area contributed by atoms with Crippen LogP contribution < -0.4 is 9.73 Å². The van der Waals surface area contributed by atoms with Crippen molar-refractivity contribution in [3.63, 3.8) is 0 Å². The van der Waals surface area contributed by atoms with Gasteiger partial charge in [0.2, 0.25) is 0 Å². The van der Waals surface area contributed by atoms with Gasteiger partial charge in [-0.3, -0.25) is 9.10 Å². The molecule has 0 saturated carbocycles. The van der Waals surface area contributed by atoms with Crippen molar-refractivity contribution in [2.24, 2.45) is 5.10 Å². The summed E-state index contributed by atoms with van der Waals surface area (Å²) in [4.78, 5) is 13.0. The minimum Gasteiger partial charge on any atom is -0.316 e. The van der Waals surface area contributed by atoms with E-state index in [1.807, 2.05) is 67.8 Å². The summed E-state index contributed by atoms with van der Waals surface area (Å²) in [5, 5.41) is 4.73. The number of anilines is 1. The second-order valence-corrected chi connectivity index (χ2v) is 11.0. The number of carbonyl (C=O) groups excluding carboxylic acids is 1. The first-order chi connectivity index (χ1) is 18.2. The second kappa shape index (κ2) is 11.7. The van der Waals surface area contributed by atoms with Crippen molar-refractivity contribution in [2.75, 3.05) is 10.8 Å². The van der Waals surface area contributed by atoms with E-state index < -0.39 is 22.5 Å². The molecule has 0 aliphatic rings. The first-order valence-electron chi connectivity index (χ1n) is 12.1. The number of carbonyl (C=O) groups is 1. The van der Waals surface area contributed by atoms with Crippen molar-refractivity contribution in [1.29, 1.82) is 0 Å². The average molecular weight is 549 g/mol. The third kappa shape index (κ3) is 5.82. The Bertz CT molecular complexity index is 1560. The Hall–Kier alpha value is -3.88. The summed E-state index contributed by atoms with van der Waals surface area (Å²) in [7, 11) is -3.98. The van der Waals surface area contributed by atoms with E-state index in [4.69, 9.17) is 11.6 Å². The molecule has 0 aliphatic heterocycles. The van der Waals surface area contributed by atoms with Crippen LogP contribution in [0.5, 0.6) is 0 Å². The molecule has 0 atom stereocenters. The van der Waals surface area contributed by atoms with Gasteiger partial charge in [0, 0.05) is 17.0 Å². The molecule has 0 aliphatic carbocycles. The summed E-state index contributed by atoms with van der Waals surface area (Å²) in [6.07, 6.45) is 2.36. The maximum absolute atomic E-state index is 13.5. The number of hydrogen-bond acceptors (Lipinski definition) is 4. The van der Waals surface area contributed by atoms with E-state index in [1.54, 1.807) is 36.5 Å². The number of halogens is 1. The third-order valence-corrected chi connectivity index (χ3v) is 8.32. The molecule has 4 aromatic rings. The number of rotatable bonds is 9. The topological polar surface area (TPSA) is 83.8 Å². The van der Waals surface area contributed by atoms with Crippen LogP contribution in [0.4, 0.5) is 5.69 Å². The molecule has 7 nitrogen and oxygen atoms in total. The van der Waals surface area contributed by atoms with Gasteiger partial charge in [0.05, 0.1) is 27.5 Å². The summed E-state index contributed by atoms with van der Waals surface area (Å²) in [6, 6.07) is 24.7. The van der Waals surface area contributed by atoms with Gasteiger partial charge < -0.3 is 4.57 Å². The number of aryl methyl sites for hydroxylation is 2. The maximum atomic E-state index is 13.5. The van der Waals surface area contributed by atoms with Crippen LogP contribution in [0.25, 0.3) is 5.69 Å². The lowest BCUT2D eigenvalue weighted by atomic mass is 10.1. The highest BCUT2D eigenvalue weighted by molar-refractivity contribution is 7.92. The van der Waals surface area contributed by atoms with Gasteiger partial charge in [-0.25, -0.2) is 13.8 Å². The molecule has 0 fully saturated rings. The van der Waals surface area contributed by atoms with Gasteiger partial charge in [0.25, 0.3) is 15.9 Å². The number of sulfonamides is 1. The van der Waals surface area contributed by atoms with Crippen LogP contribution >= 0.6 is 11.6 Å². The standard InChI is InChI=1S/C29H29ClN4O3S/c1-4-23-14-16-25(17-15-23)33(38(36,37)26-10-6-5-7-11-26)20-29(35)32-31-19-24-18-21(2)34(22(24)3)28-13-9-8-12-27(28)30/h5-19H,4,20H2,1-3H3,(H,32,35)/b31-19-. The molecule has 3 aromatic carbocycles. The van der Waals surface area contributed by atoms with Gasteiger partial charge in [0.15, 0.2) is 0 Å². The van der Waals surface area contributed by atoms with Crippen molar-refractivity contribution in [1.82, 2.24) is 9.99 Å². The molecule has 4 rings (SSSR count). The van der Waals surface area contributed by atoms with Gasteiger partial charge in [-0.2, -0.15) is 5.10 Å². The number of aromatic nitrogens is 1. The highest BCUT2D eigenvalue weighted by atomic mass is 35.5. The van der Waals surface area contributed by atoms with Crippen LogP contribution in [-0.2, 0) is 21.2 Å². The Morgan fingerprint density at radius 3 is 2.32 bits per heavy atom. The Labute approximate surface area is 228 Å². The molecule has 1 amide bonds. The van der Waals surface area contributed by atoms with Crippen LogP contribution in [-0.4, -0.2) is 31.7 Å². The van der Waals surface area contributed by atoms with Crippen LogP contribution in [0, 0.1) is 13.8 Å². The van der Waals surface area contributed by atoms with E-state index in [0.717, 1.165) is 38.9 Å². The molecule has 1 heterocycles. The fourth-order valence-corrected chi connectivity index (χ4v) is 5.86. The fourth-order valence-electron chi connectivity index (χ4n) is 4.19. The Morgan fingerprint density at radius 1 is 1.00 bits per heavy atom. The summed E-state index contributed by atoms with van der Waals surface area (Å²) in [5.41, 5.74) is 7.44. The number of amides is 1. The van der Waals surface area contributed by atoms with E-state index >= 15 is 0 Å². The lowest BCUT2D eigenvalue weighted by Gasteiger charge is -2.24. The van der Waals surface area contributed by atoms with Gasteiger partial charge in [-0.05, 0) is 68.3 Å². The molecule has 38 heavy (non-hydrogen) atoms. The minimum atomic E-state index is -3.98.